The van der Waals surface area contributed by atoms with Crippen LogP contribution in [0, 0.1) is 0 Å². The van der Waals surface area contributed by atoms with Crippen molar-refractivity contribution in [1.29, 1.82) is 0 Å². The molecule has 0 spiro atoms. The Bertz CT molecular complexity index is 1260. The van der Waals surface area contributed by atoms with E-state index in [0.29, 0.717) is 34.1 Å². The molecule has 0 saturated heterocycles. The normalized spacial score (nSPS) is 10.6. The summed E-state index contributed by atoms with van der Waals surface area (Å²) in [5.74, 6) is 1.68. The minimum atomic E-state index is -0.389. The predicted octanol–water partition coefficient (Wildman–Crippen LogP) is 7.03. The Balaban J connectivity index is 1.67. The molecule has 4 aromatic carbocycles. The summed E-state index contributed by atoms with van der Waals surface area (Å²) in [7, 11) is 0. The number of para-hydroxylation sites is 2. The zero-order chi connectivity index (χ0) is 24.5. The molecule has 0 radical (unpaired) electrons. The molecular weight excluding hydrogens is 468 g/mol. The van der Waals surface area contributed by atoms with Gasteiger partial charge in [-0.3, -0.25) is 4.79 Å². The lowest BCUT2D eigenvalue weighted by Gasteiger charge is -2.19. The first-order valence-corrected chi connectivity index (χ1v) is 11.6. The van der Waals surface area contributed by atoms with Crippen molar-refractivity contribution in [1.82, 2.24) is 0 Å². The van der Waals surface area contributed by atoms with Gasteiger partial charge in [-0.2, -0.15) is 0 Å². The van der Waals surface area contributed by atoms with Crippen LogP contribution < -0.4 is 23.7 Å². The Hall–Kier alpha value is -3.90. The van der Waals surface area contributed by atoms with Crippen LogP contribution in [0.3, 0.4) is 0 Å². The highest BCUT2D eigenvalue weighted by Crippen LogP contribution is 2.45. The number of rotatable bonds is 11. The van der Waals surface area contributed by atoms with Crippen LogP contribution in [-0.4, -0.2) is 19.6 Å². The summed E-state index contributed by atoms with van der Waals surface area (Å²) in [4.78, 5) is 12.5. The quantitative estimate of drug-likeness (QED) is 0.127. The van der Waals surface area contributed by atoms with Crippen LogP contribution in [0.25, 0.3) is 10.8 Å². The van der Waals surface area contributed by atoms with Gasteiger partial charge in [-0.15, -0.1) is 0 Å². The maximum atomic E-state index is 12.5. The molecule has 0 amide bonds. The molecule has 4 rings (SSSR count). The fraction of sp³-hybridized carbons (Fsp3) is 0.179. The maximum Gasteiger partial charge on any atom is 0.311 e. The van der Waals surface area contributed by atoms with Crippen molar-refractivity contribution in [2.75, 3.05) is 13.6 Å². The van der Waals surface area contributed by atoms with Crippen molar-refractivity contribution in [3.05, 3.63) is 90.0 Å². The van der Waals surface area contributed by atoms with Gasteiger partial charge in [0.2, 0.25) is 19.3 Å². The lowest BCUT2D eigenvalue weighted by Crippen LogP contribution is -2.13. The second-order valence-electron chi connectivity index (χ2n) is 7.56. The van der Waals surface area contributed by atoms with E-state index in [4.69, 9.17) is 35.3 Å². The van der Waals surface area contributed by atoms with Crippen LogP contribution in [0.4, 0.5) is 0 Å². The highest BCUT2D eigenvalue weighted by Gasteiger charge is 2.21. The van der Waals surface area contributed by atoms with E-state index in [1.807, 2.05) is 73.7 Å². The average Bonchev–Trinajstić information content (AvgIpc) is 2.87. The Kier molecular flexibility index (Phi) is 8.30. The van der Waals surface area contributed by atoms with Crippen molar-refractivity contribution in [2.24, 2.45) is 0 Å². The number of hydrogen-bond donors (Lipinski definition) is 0. The molecule has 0 bridgehead atoms. The van der Waals surface area contributed by atoms with Crippen molar-refractivity contribution in [3.63, 3.8) is 0 Å². The van der Waals surface area contributed by atoms with Gasteiger partial charge in [0.15, 0.2) is 11.5 Å². The second kappa shape index (κ2) is 12.0. The Morgan fingerprint density at radius 2 is 1.37 bits per heavy atom. The Morgan fingerprint density at radius 3 is 2.00 bits per heavy atom. The summed E-state index contributed by atoms with van der Waals surface area (Å²) >= 11 is 6.26. The van der Waals surface area contributed by atoms with Gasteiger partial charge in [0.25, 0.3) is 0 Å². The first-order valence-electron chi connectivity index (χ1n) is 11.2. The van der Waals surface area contributed by atoms with Gasteiger partial charge in [-0.1, -0.05) is 61.0 Å². The number of hydrogen-bond acceptors (Lipinski definition) is 6. The van der Waals surface area contributed by atoms with E-state index >= 15 is 0 Å². The van der Waals surface area contributed by atoms with Gasteiger partial charge in [-0.05, 0) is 54.3 Å². The van der Waals surface area contributed by atoms with Crippen LogP contribution in [-0.2, 0) is 4.79 Å². The monoisotopic (exact) mass is 492 g/mol. The molecule has 0 aliphatic carbocycles. The minimum Gasteiger partial charge on any atom is -0.457 e. The first-order chi connectivity index (χ1) is 17.1. The number of ether oxygens (including phenoxy) is 5. The minimum absolute atomic E-state index is 0.0820. The molecule has 6 nitrogen and oxygen atoms in total. The summed E-state index contributed by atoms with van der Waals surface area (Å²) in [6.45, 7) is 1.69. The van der Waals surface area contributed by atoms with E-state index < -0.39 is 0 Å². The number of carbonyl (C=O) groups excluding carboxylic acids is 1. The van der Waals surface area contributed by atoms with E-state index in [2.05, 4.69) is 0 Å². The molecular formula is C28H25ClO6. The summed E-state index contributed by atoms with van der Waals surface area (Å²) in [5.41, 5.74) is 0. The van der Waals surface area contributed by atoms with E-state index in [0.717, 1.165) is 5.39 Å². The first kappa shape index (κ1) is 24.2. The number of esters is 1. The number of carbonyl (C=O) groups is 1. The maximum absolute atomic E-state index is 12.5. The third kappa shape index (κ3) is 6.58. The van der Waals surface area contributed by atoms with E-state index in [9.17, 15) is 4.79 Å². The molecule has 0 aromatic heterocycles. The molecule has 0 heterocycles. The predicted molar refractivity (Wildman–Crippen MR) is 135 cm³/mol. The highest BCUT2D eigenvalue weighted by atomic mass is 35.5. The summed E-state index contributed by atoms with van der Waals surface area (Å²) in [6.07, 6.45) is 0.899. The van der Waals surface area contributed by atoms with Gasteiger partial charge >= 0.3 is 5.97 Å². The summed E-state index contributed by atoms with van der Waals surface area (Å²) in [6, 6.07) is 25.6. The van der Waals surface area contributed by atoms with E-state index in [1.165, 1.54) is 0 Å². The molecule has 7 heteroatoms. The molecule has 0 aliphatic heterocycles. The molecule has 0 fully saturated rings. The Morgan fingerprint density at radius 1 is 0.743 bits per heavy atom. The van der Waals surface area contributed by atoms with Gasteiger partial charge < -0.3 is 23.7 Å². The molecule has 0 N–H and O–H groups in total. The fourth-order valence-corrected chi connectivity index (χ4v) is 3.53. The zero-order valence-electron chi connectivity index (χ0n) is 19.2. The number of fused-ring (bicyclic) bond motifs is 1. The van der Waals surface area contributed by atoms with E-state index in [-0.39, 0.29) is 37.5 Å². The van der Waals surface area contributed by atoms with Crippen molar-refractivity contribution >= 4 is 28.3 Å². The zero-order valence-corrected chi connectivity index (χ0v) is 20.0. The van der Waals surface area contributed by atoms with Gasteiger partial charge in [0, 0.05) is 16.8 Å². The van der Waals surface area contributed by atoms with Crippen LogP contribution in [0.15, 0.2) is 84.9 Å². The number of benzene rings is 4. The smallest absolute Gasteiger partial charge is 0.311 e. The molecule has 0 unspecified atom stereocenters. The molecule has 0 aliphatic rings. The molecule has 0 saturated carbocycles. The van der Waals surface area contributed by atoms with Crippen molar-refractivity contribution in [3.8, 4) is 28.7 Å². The van der Waals surface area contributed by atoms with Crippen LogP contribution in [0.2, 0.25) is 5.02 Å². The van der Waals surface area contributed by atoms with Gasteiger partial charge in [0.1, 0.15) is 11.5 Å². The third-order valence-electron chi connectivity index (χ3n) is 5.00. The Labute approximate surface area is 208 Å². The van der Waals surface area contributed by atoms with Crippen LogP contribution in [0.5, 0.6) is 28.7 Å². The third-order valence-corrected chi connectivity index (χ3v) is 5.24. The number of halogens is 1. The fourth-order valence-electron chi connectivity index (χ4n) is 3.36. The largest absolute Gasteiger partial charge is 0.457 e. The molecule has 4 aromatic rings. The molecule has 0 atom stereocenters. The highest BCUT2D eigenvalue weighted by molar-refractivity contribution is 6.31. The summed E-state index contributed by atoms with van der Waals surface area (Å²) in [5, 5.41) is 1.88. The van der Waals surface area contributed by atoms with E-state index in [1.54, 1.807) is 18.2 Å². The van der Waals surface area contributed by atoms with Crippen molar-refractivity contribution < 1.29 is 28.5 Å². The van der Waals surface area contributed by atoms with Gasteiger partial charge in [-0.25, -0.2) is 0 Å². The summed E-state index contributed by atoms with van der Waals surface area (Å²) < 4.78 is 29.1. The van der Waals surface area contributed by atoms with Crippen LogP contribution in [0.1, 0.15) is 19.8 Å². The lowest BCUT2D eigenvalue weighted by atomic mass is 10.1. The topological polar surface area (TPSA) is 63.2 Å². The standard InChI is InChI=1S/C28H25ClO6/c1-2-9-26(30)35-27-24-17-21(29)15-14-20(24)16-25(33-18-31-22-10-5-3-6-11-22)28(27)34-19-32-23-12-7-4-8-13-23/h3-8,10-17H,2,9,18-19H2,1H3. The lowest BCUT2D eigenvalue weighted by molar-refractivity contribution is -0.134. The molecule has 180 valence electrons. The van der Waals surface area contributed by atoms with Crippen LogP contribution >= 0.6 is 11.6 Å². The molecule has 35 heavy (non-hydrogen) atoms. The second-order valence-corrected chi connectivity index (χ2v) is 8.00. The van der Waals surface area contributed by atoms with Crippen molar-refractivity contribution in [2.45, 2.75) is 19.8 Å². The SMILES string of the molecule is CCCC(=O)Oc1c(OCOc2ccccc2)c(OCOc2ccccc2)cc2ccc(Cl)cc12. The average molecular weight is 493 g/mol. The van der Waals surface area contributed by atoms with Gasteiger partial charge in [0.05, 0.1) is 0 Å².